The minimum atomic E-state index is 0.310. The molecule has 0 amide bonds. The third-order valence-electron chi connectivity index (χ3n) is 3.73. The van der Waals surface area contributed by atoms with Gasteiger partial charge in [-0.3, -0.25) is 4.98 Å². The highest BCUT2D eigenvalue weighted by Gasteiger charge is 2.31. The van der Waals surface area contributed by atoms with E-state index in [0.717, 1.165) is 0 Å². The van der Waals surface area contributed by atoms with Gasteiger partial charge in [-0.2, -0.15) is 0 Å². The van der Waals surface area contributed by atoms with Crippen LogP contribution in [0, 0.1) is 6.92 Å². The van der Waals surface area contributed by atoms with Crippen LogP contribution in [-0.2, 0) is 0 Å². The number of aryl methyl sites for hydroxylation is 1. The Morgan fingerprint density at radius 1 is 1.06 bits per heavy atom. The molecule has 3 nitrogen and oxygen atoms in total. The first-order valence-electron chi connectivity index (χ1n) is 6.22. The molecule has 3 rings (SSSR count). The highest BCUT2D eigenvalue weighted by atomic mass is 15.4. The zero-order chi connectivity index (χ0) is 12.7. The molecule has 1 atom stereocenters. The second kappa shape index (κ2) is 4.02. The van der Waals surface area contributed by atoms with Crippen LogP contribution in [0.3, 0.4) is 0 Å². The maximum atomic E-state index is 4.26. The van der Waals surface area contributed by atoms with Gasteiger partial charge in [0.25, 0.3) is 0 Å². The Kier molecular flexibility index (Phi) is 2.47. The van der Waals surface area contributed by atoms with Gasteiger partial charge in [-0.05, 0) is 37.6 Å². The summed E-state index contributed by atoms with van der Waals surface area (Å²) in [4.78, 5) is 8.90. The molecule has 0 unspecified atom stereocenters. The summed E-state index contributed by atoms with van der Waals surface area (Å²) in [5.41, 5.74) is 4.96. The maximum Gasteiger partial charge on any atom is 0.103 e. The van der Waals surface area contributed by atoms with Crippen molar-refractivity contribution in [2.24, 2.45) is 0 Å². The molecule has 2 aromatic rings. The second-order valence-corrected chi connectivity index (χ2v) is 4.76. The van der Waals surface area contributed by atoms with Crippen LogP contribution in [0.1, 0.15) is 12.5 Å². The van der Waals surface area contributed by atoms with Gasteiger partial charge in [-0.1, -0.05) is 12.1 Å². The van der Waals surface area contributed by atoms with Crippen LogP contribution in [0.2, 0.25) is 0 Å². The summed E-state index contributed by atoms with van der Waals surface area (Å²) in [5, 5.41) is 0. The lowest BCUT2D eigenvalue weighted by Gasteiger charge is -2.28. The van der Waals surface area contributed by atoms with Crippen LogP contribution < -0.4 is 9.80 Å². The van der Waals surface area contributed by atoms with Crippen molar-refractivity contribution in [3.63, 3.8) is 0 Å². The summed E-state index contributed by atoms with van der Waals surface area (Å²) in [6, 6.07) is 10.6. The molecule has 1 aliphatic heterocycles. The summed E-state index contributed by atoms with van der Waals surface area (Å²) >= 11 is 0. The zero-order valence-corrected chi connectivity index (χ0v) is 11.0. The van der Waals surface area contributed by atoms with E-state index in [1.807, 2.05) is 12.4 Å². The lowest BCUT2D eigenvalue weighted by Crippen LogP contribution is -2.35. The fraction of sp³-hybridized carbons (Fsp3) is 0.267. The highest BCUT2D eigenvalue weighted by molar-refractivity contribution is 5.83. The van der Waals surface area contributed by atoms with Gasteiger partial charge in [-0.15, -0.1) is 0 Å². The average Bonchev–Trinajstić information content (AvgIpc) is 2.64. The maximum absolute atomic E-state index is 4.26. The molecule has 0 saturated heterocycles. The molecular weight excluding hydrogens is 222 g/mol. The molecule has 0 spiro atoms. The Hall–Kier alpha value is -2.03. The number of pyridine rings is 1. The quantitative estimate of drug-likeness (QED) is 0.761. The number of nitrogens with zero attached hydrogens (tertiary/aromatic N) is 3. The molecule has 0 fully saturated rings. The minimum absolute atomic E-state index is 0.310. The summed E-state index contributed by atoms with van der Waals surface area (Å²) < 4.78 is 0. The van der Waals surface area contributed by atoms with E-state index in [0.29, 0.717) is 6.17 Å². The van der Waals surface area contributed by atoms with E-state index in [1.165, 1.54) is 22.6 Å². The molecule has 0 saturated carbocycles. The van der Waals surface area contributed by atoms with E-state index in [1.54, 1.807) is 0 Å². The van der Waals surface area contributed by atoms with Gasteiger partial charge in [0.2, 0.25) is 0 Å². The number of aromatic nitrogens is 1. The Morgan fingerprint density at radius 3 is 2.50 bits per heavy atom. The SMILES string of the molecule is Cc1ccncc1N1c2ccccc2N(C)[C@H]1C. The van der Waals surface area contributed by atoms with E-state index in [9.17, 15) is 0 Å². The van der Waals surface area contributed by atoms with Crippen LogP contribution in [0.25, 0.3) is 0 Å². The first-order valence-corrected chi connectivity index (χ1v) is 6.22. The van der Waals surface area contributed by atoms with Gasteiger partial charge in [0.05, 0.1) is 23.3 Å². The number of para-hydroxylation sites is 2. The Labute approximate surface area is 108 Å². The summed E-state index contributed by atoms with van der Waals surface area (Å²) in [6.45, 7) is 4.34. The molecule has 1 aliphatic rings. The average molecular weight is 239 g/mol. The van der Waals surface area contributed by atoms with Crippen LogP contribution in [0.5, 0.6) is 0 Å². The van der Waals surface area contributed by atoms with Crippen molar-refractivity contribution in [3.05, 3.63) is 48.3 Å². The Balaban J connectivity index is 2.16. The van der Waals surface area contributed by atoms with Crippen LogP contribution in [0.15, 0.2) is 42.7 Å². The van der Waals surface area contributed by atoms with Crippen LogP contribution in [0.4, 0.5) is 17.1 Å². The molecule has 18 heavy (non-hydrogen) atoms. The van der Waals surface area contributed by atoms with Gasteiger partial charge in [0.1, 0.15) is 6.17 Å². The molecule has 0 bridgehead atoms. The zero-order valence-electron chi connectivity index (χ0n) is 11.0. The summed E-state index contributed by atoms with van der Waals surface area (Å²) in [7, 11) is 2.13. The van der Waals surface area contributed by atoms with E-state index < -0.39 is 0 Å². The van der Waals surface area contributed by atoms with Crippen LogP contribution >= 0.6 is 0 Å². The van der Waals surface area contributed by atoms with Gasteiger partial charge >= 0.3 is 0 Å². The lowest BCUT2D eigenvalue weighted by molar-refractivity contribution is 0.731. The van der Waals surface area contributed by atoms with Crippen molar-refractivity contribution in [2.75, 3.05) is 16.8 Å². The topological polar surface area (TPSA) is 19.4 Å². The van der Waals surface area contributed by atoms with Crippen molar-refractivity contribution >= 4 is 17.1 Å². The summed E-state index contributed by atoms with van der Waals surface area (Å²) in [5.74, 6) is 0. The predicted molar refractivity (Wildman–Crippen MR) is 75.4 cm³/mol. The van der Waals surface area contributed by atoms with Crippen molar-refractivity contribution < 1.29 is 0 Å². The van der Waals surface area contributed by atoms with E-state index >= 15 is 0 Å². The molecule has 0 radical (unpaired) electrons. The number of hydrogen-bond acceptors (Lipinski definition) is 3. The summed E-state index contributed by atoms with van der Waals surface area (Å²) in [6.07, 6.45) is 4.10. The third kappa shape index (κ3) is 1.47. The largest absolute Gasteiger partial charge is 0.353 e. The normalized spacial score (nSPS) is 18.1. The van der Waals surface area contributed by atoms with Crippen molar-refractivity contribution in [3.8, 4) is 0 Å². The monoisotopic (exact) mass is 239 g/mol. The van der Waals surface area contributed by atoms with Gasteiger partial charge in [0, 0.05) is 13.2 Å². The smallest absolute Gasteiger partial charge is 0.103 e. The molecule has 0 aliphatic carbocycles. The molecule has 1 aromatic carbocycles. The molecule has 2 heterocycles. The van der Waals surface area contributed by atoms with E-state index in [4.69, 9.17) is 0 Å². The third-order valence-corrected chi connectivity index (χ3v) is 3.73. The molecule has 1 aromatic heterocycles. The number of rotatable bonds is 1. The van der Waals surface area contributed by atoms with Gasteiger partial charge in [-0.25, -0.2) is 0 Å². The lowest BCUT2D eigenvalue weighted by atomic mass is 10.2. The first kappa shape index (κ1) is 11.1. The number of fused-ring (bicyclic) bond motifs is 1. The van der Waals surface area contributed by atoms with Crippen molar-refractivity contribution in [1.82, 2.24) is 4.98 Å². The fourth-order valence-electron chi connectivity index (χ4n) is 2.58. The molecular formula is C15H17N3. The predicted octanol–water partition coefficient (Wildman–Crippen LogP) is 3.32. The molecule has 3 heteroatoms. The van der Waals surface area contributed by atoms with Crippen molar-refractivity contribution in [2.45, 2.75) is 20.0 Å². The molecule has 92 valence electrons. The van der Waals surface area contributed by atoms with Crippen molar-refractivity contribution in [1.29, 1.82) is 0 Å². The van der Waals surface area contributed by atoms with E-state index in [2.05, 4.69) is 66.0 Å². The fourth-order valence-corrected chi connectivity index (χ4v) is 2.58. The Bertz CT molecular complexity index is 579. The number of anilines is 3. The standard InChI is InChI=1S/C15H17N3/c1-11-8-9-16-10-15(11)18-12(2)17(3)13-6-4-5-7-14(13)18/h4-10,12H,1-3H3/t12-/m1/s1. The van der Waals surface area contributed by atoms with Gasteiger partial charge < -0.3 is 9.80 Å². The number of hydrogen-bond donors (Lipinski definition) is 0. The first-order chi connectivity index (χ1) is 8.70. The number of benzene rings is 1. The van der Waals surface area contributed by atoms with Crippen LogP contribution in [-0.4, -0.2) is 18.2 Å². The van der Waals surface area contributed by atoms with Gasteiger partial charge in [0.15, 0.2) is 0 Å². The highest BCUT2D eigenvalue weighted by Crippen LogP contribution is 2.43. The minimum Gasteiger partial charge on any atom is -0.353 e. The molecule has 0 N–H and O–H groups in total. The van der Waals surface area contributed by atoms with E-state index in [-0.39, 0.29) is 0 Å². The Morgan fingerprint density at radius 2 is 1.78 bits per heavy atom. The second-order valence-electron chi connectivity index (χ2n) is 4.76.